The van der Waals surface area contributed by atoms with Crippen LogP contribution in [-0.2, 0) is 0 Å². The van der Waals surface area contributed by atoms with E-state index in [1.165, 1.54) is 12.8 Å². The van der Waals surface area contributed by atoms with E-state index in [4.69, 9.17) is 5.11 Å². The van der Waals surface area contributed by atoms with Gasteiger partial charge in [0.1, 0.15) is 0 Å². The lowest BCUT2D eigenvalue weighted by Gasteiger charge is -2.36. The zero-order valence-corrected chi connectivity index (χ0v) is 12.7. The highest BCUT2D eigenvalue weighted by Gasteiger charge is 2.29. The predicted molar refractivity (Wildman–Crippen MR) is 78.1 cm³/mol. The molecule has 19 heavy (non-hydrogen) atoms. The molecule has 3 atom stereocenters. The molecule has 3 unspecified atom stereocenters. The lowest BCUT2D eigenvalue weighted by atomic mass is 9.78. The van der Waals surface area contributed by atoms with Gasteiger partial charge in [0.15, 0.2) is 0 Å². The van der Waals surface area contributed by atoms with Crippen molar-refractivity contribution in [3.63, 3.8) is 0 Å². The fourth-order valence-electron chi connectivity index (χ4n) is 2.82. The van der Waals surface area contributed by atoms with E-state index in [9.17, 15) is 4.79 Å². The lowest BCUT2D eigenvalue weighted by molar-refractivity contribution is 0.155. The van der Waals surface area contributed by atoms with E-state index in [0.29, 0.717) is 24.4 Å². The van der Waals surface area contributed by atoms with E-state index in [1.807, 2.05) is 0 Å². The van der Waals surface area contributed by atoms with Crippen LogP contribution in [0, 0.1) is 11.8 Å². The summed E-state index contributed by atoms with van der Waals surface area (Å²) >= 11 is 0. The predicted octanol–water partition coefficient (Wildman–Crippen LogP) is 2.62. The molecular weight excluding hydrogens is 240 g/mol. The third-order valence-electron chi connectivity index (χ3n) is 4.45. The first kappa shape index (κ1) is 16.3. The first-order valence-electron chi connectivity index (χ1n) is 7.76. The lowest BCUT2D eigenvalue weighted by Crippen LogP contribution is -2.50. The SMILES string of the molecule is CCCCN(CCO)C(=O)NC1CCCC(C)C1C. The molecule has 1 saturated carbocycles. The van der Waals surface area contributed by atoms with Crippen LogP contribution in [0.15, 0.2) is 0 Å². The second kappa shape index (κ2) is 8.41. The van der Waals surface area contributed by atoms with Gasteiger partial charge in [0.2, 0.25) is 0 Å². The number of carbonyl (C=O) groups is 1. The third-order valence-corrected chi connectivity index (χ3v) is 4.45. The molecule has 0 aromatic carbocycles. The molecule has 0 saturated heterocycles. The Morgan fingerprint density at radius 2 is 2.05 bits per heavy atom. The average molecular weight is 270 g/mol. The Morgan fingerprint density at radius 1 is 1.32 bits per heavy atom. The van der Waals surface area contributed by atoms with Crippen molar-refractivity contribution in [2.75, 3.05) is 19.7 Å². The average Bonchev–Trinajstić information content (AvgIpc) is 2.39. The van der Waals surface area contributed by atoms with Gasteiger partial charge in [0, 0.05) is 19.1 Å². The van der Waals surface area contributed by atoms with Crippen molar-refractivity contribution in [3.05, 3.63) is 0 Å². The van der Waals surface area contributed by atoms with Gasteiger partial charge in [-0.15, -0.1) is 0 Å². The highest BCUT2D eigenvalue weighted by atomic mass is 16.3. The molecule has 4 heteroatoms. The number of unbranched alkanes of at least 4 members (excludes halogenated alkanes) is 1. The van der Waals surface area contributed by atoms with Gasteiger partial charge < -0.3 is 15.3 Å². The van der Waals surface area contributed by atoms with Gasteiger partial charge in [0.05, 0.1) is 6.61 Å². The third kappa shape index (κ3) is 5.01. The second-order valence-corrected chi connectivity index (χ2v) is 5.89. The Labute approximate surface area is 117 Å². The normalized spacial score (nSPS) is 27.1. The highest BCUT2D eigenvalue weighted by molar-refractivity contribution is 5.74. The Hall–Kier alpha value is -0.770. The zero-order chi connectivity index (χ0) is 14.3. The van der Waals surface area contributed by atoms with Gasteiger partial charge in [-0.2, -0.15) is 0 Å². The van der Waals surface area contributed by atoms with E-state index in [-0.39, 0.29) is 12.6 Å². The first-order chi connectivity index (χ1) is 9.10. The number of rotatable bonds is 6. The maximum Gasteiger partial charge on any atom is 0.317 e. The van der Waals surface area contributed by atoms with Crippen LogP contribution in [0.25, 0.3) is 0 Å². The molecule has 0 bridgehead atoms. The molecule has 1 aliphatic rings. The van der Waals surface area contributed by atoms with E-state index < -0.39 is 0 Å². The Balaban J connectivity index is 2.49. The summed E-state index contributed by atoms with van der Waals surface area (Å²) in [4.78, 5) is 14.0. The van der Waals surface area contributed by atoms with Gasteiger partial charge >= 0.3 is 6.03 Å². The van der Waals surface area contributed by atoms with E-state index in [2.05, 4.69) is 26.1 Å². The Kier molecular flexibility index (Phi) is 7.21. The molecule has 1 rings (SSSR count). The largest absolute Gasteiger partial charge is 0.395 e. The van der Waals surface area contributed by atoms with Crippen LogP contribution in [0.1, 0.15) is 52.9 Å². The van der Waals surface area contributed by atoms with Crippen LogP contribution in [-0.4, -0.2) is 41.8 Å². The summed E-state index contributed by atoms with van der Waals surface area (Å²) in [5.74, 6) is 1.22. The van der Waals surface area contributed by atoms with Crippen molar-refractivity contribution in [1.29, 1.82) is 0 Å². The minimum absolute atomic E-state index is 0.00606. The molecule has 0 aliphatic heterocycles. The molecular formula is C15H30N2O2. The smallest absolute Gasteiger partial charge is 0.317 e. The summed E-state index contributed by atoms with van der Waals surface area (Å²) < 4.78 is 0. The molecule has 0 aromatic heterocycles. The van der Waals surface area contributed by atoms with E-state index in [0.717, 1.165) is 25.8 Å². The van der Waals surface area contributed by atoms with Crippen LogP contribution < -0.4 is 5.32 Å². The molecule has 112 valence electrons. The van der Waals surface area contributed by atoms with Crippen molar-refractivity contribution < 1.29 is 9.90 Å². The van der Waals surface area contributed by atoms with Crippen molar-refractivity contribution >= 4 is 6.03 Å². The summed E-state index contributed by atoms with van der Waals surface area (Å²) in [5.41, 5.74) is 0. The zero-order valence-electron chi connectivity index (χ0n) is 12.7. The van der Waals surface area contributed by atoms with Crippen LogP contribution in [0.3, 0.4) is 0 Å². The number of nitrogens with one attached hydrogen (secondary N) is 1. The Morgan fingerprint density at radius 3 is 2.68 bits per heavy atom. The molecule has 0 heterocycles. The topological polar surface area (TPSA) is 52.6 Å². The molecule has 2 N–H and O–H groups in total. The van der Waals surface area contributed by atoms with Crippen LogP contribution in [0.5, 0.6) is 0 Å². The number of amides is 2. The number of hydrogen-bond acceptors (Lipinski definition) is 2. The molecule has 0 spiro atoms. The van der Waals surface area contributed by atoms with Gasteiger partial charge in [-0.05, 0) is 24.7 Å². The molecule has 4 nitrogen and oxygen atoms in total. The van der Waals surface area contributed by atoms with E-state index in [1.54, 1.807) is 4.90 Å². The fourth-order valence-corrected chi connectivity index (χ4v) is 2.82. The van der Waals surface area contributed by atoms with Crippen molar-refractivity contribution in [1.82, 2.24) is 10.2 Å². The number of hydrogen-bond donors (Lipinski definition) is 2. The fraction of sp³-hybridized carbons (Fsp3) is 0.933. The van der Waals surface area contributed by atoms with Crippen LogP contribution in [0.4, 0.5) is 4.79 Å². The number of aliphatic hydroxyl groups is 1. The summed E-state index contributed by atoms with van der Waals surface area (Å²) in [6.07, 6.45) is 5.60. The summed E-state index contributed by atoms with van der Waals surface area (Å²) in [6, 6.07) is 0.285. The highest BCUT2D eigenvalue weighted by Crippen LogP contribution is 2.29. The summed E-state index contributed by atoms with van der Waals surface area (Å²) in [6.45, 7) is 7.82. The van der Waals surface area contributed by atoms with Gasteiger partial charge in [-0.1, -0.05) is 40.0 Å². The van der Waals surface area contributed by atoms with Gasteiger partial charge in [-0.3, -0.25) is 0 Å². The van der Waals surface area contributed by atoms with Crippen LogP contribution >= 0.6 is 0 Å². The number of nitrogens with zero attached hydrogens (tertiary/aromatic N) is 1. The number of aliphatic hydroxyl groups excluding tert-OH is 1. The van der Waals surface area contributed by atoms with Gasteiger partial charge in [0.25, 0.3) is 0 Å². The first-order valence-corrected chi connectivity index (χ1v) is 7.76. The second-order valence-electron chi connectivity index (χ2n) is 5.89. The van der Waals surface area contributed by atoms with Gasteiger partial charge in [-0.25, -0.2) is 4.79 Å². The maximum atomic E-state index is 12.3. The summed E-state index contributed by atoms with van der Waals surface area (Å²) in [5, 5.41) is 12.2. The molecule has 2 amide bonds. The quantitative estimate of drug-likeness (QED) is 0.779. The molecule has 0 aromatic rings. The Bertz CT molecular complexity index is 271. The van der Waals surface area contributed by atoms with Crippen molar-refractivity contribution in [2.24, 2.45) is 11.8 Å². The monoisotopic (exact) mass is 270 g/mol. The molecule has 1 aliphatic carbocycles. The van der Waals surface area contributed by atoms with E-state index >= 15 is 0 Å². The summed E-state index contributed by atoms with van der Waals surface area (Å²) in [7, 11) is 0. The number of carbonyl (C=O) groups excluding carboxylic acids is 1. The number of urea groups is 1. The minimum atomic E-state index is -0.00606. The van der Waals surface area contributed by atoms with Crippen molar-refractivity contribution in [3.8, 4) is 0 Å². The van der Waals surface area contributed by atoms with Crippen molar-refractivity contribution in [2.45, 2.75) is 58.9 Å². The minimum Gasteiger partial charge on any atom is -0.395 e. The molecule has 1 fully saturated rings. The molecule has 0 radical (unpaired) electrons. The maximum absolute atomic E-state index is 12.3. The standard InChI is InChI=1S/C15H30N2O2/c1-4-5-9-17(10-11-18)15(19)16-14-8-6-7-12(2)13(14)3/h12-14,18H,4-11H2,1-3H3,(H,16,19). The van der Waals surface area contributed by atoms with Crippen LogP contribution in [0.2, 0.25) is 0 Å².